The van der Waals surface area contributed by atoms with Gasteiger partial charge in [-0.3, -0.25) is 14.9 Å². The van der Waals surface area contributed by atoms with E-state index in [1.807, 2.05) is 0 Å². The molecule has 0 bridgehead atoms. The van der Waals surface area contributed by atoms with Crippen molar-refractivity contribution >= 4 is 33.8 Å². The Balaban J connectivity index is 2.23. The summed E-state index contributed by atoms with van der Waals surface area (Å²) in [7, 11) is 0. The van der Waals surface area contributed by atoms with E-state index >= 15 is 0 Å². The number of nitrogens with two attached hydrogens (primary N) is 1. The molecule has 0 fully saturated rings. The Morgan fingerprint density at radius 2 is 2.00 bits per heavy atom. The molecule has 8 heteroatoms. The van der Waals surface area contributed by atoms with Crippen LogP contribution < -0.4 is 11.1 Å². The van der Waals surface area contributed by atoms with Gasteiger partial charge in [-0.15, -0.1) is 11.3 Å². The number of nitrogens with zero attached hydrogens (tertiary/aromatic N) is 1. The van der Waals surface area contributed by atoms with Crippen molar-refractivity contribution in [2.45, 2.75) is 6.92 Å². The fourth-order valence-electron chi connectivity index (χ4n) is 1.40. The molecule has 0 aliphatic carbocycles. The second-order valence-electron chi connectivity index (χ2n) is 3.90. The van der Waals surface area contributed by atoms with Crippen LogP contribution in [0.15, 0.2) is 17.5 Å². The van der Waals surface area contributed by atoms with E-state index in [-0.39, 0.29) is 22.3 Å². The maximum Gasteiger partial charge on any atom is 0.260 e. The highest BCUT2D eigenvalue weighted by atomic mass is 32.1. The van der Waals surface area contributed by atoms with Crippen LogP contribution in [-0.2, 0) is 0 Å². The Bertz CT molecular complexity index is 700. The molecule has 0 aliphatic heterocycles. The monoisotopic (exact) mass is 297 g/mol. The molecule has 1 aromatic carbocycles. The van der Waals surface area contributed by atoms with Crippen molar-refractivity contribution in [3.63, 3.8) is 0 Å². The smallest absolute Gasteiger partial charge is 0.260 e. The number of amides is 1. The summed E-state index contributed by atoms with van der Waals surface area (Å²) in [6.45, 7) is 1.33. The molecule has 0 saturated carbocycles. The molecule has 104 valence electrons. The van der Waals surface area contributed by atoms with Crippen LogP contribution in [0.3, 0.4) is 0 Å². The molecule has 0 unspecified atom stereocenters. The number of rotatable bonds is 3. The highest BCUT2D eigenvalue weighted by molar-refractivity contribution is 7.14. The van der Waals surface area contributed by atoms with Crippen LogP contribution in [0.2, 0.25) is 0 Å². The molecule has 5 nitrogen and oxygen atoms in total. The summed E-state index contributed by atoms with van der Waals surface area (Å²) < 4.78 is 26.5. The lowest BCUT2D eigenvalue weighted by Gasteiger charge is -2.05. The minimum Gasteiger partial charge on any atom is -0.396 e. The van der Waals surface area contributed by atoms with E-state index in [2.05, 4.69) is 10.3 Å². The first kappa shape index (κ1) is 14.1. The first-order valence-electron chi connectivity index (χ1n) is 5.41. The van der Waals surface area contributed by atoms with Gasteiger partial charge in [-0.05, 0) is 6.07 Å². The summed E-state index contributed by atoms with van der Waals surface area (Å²) in [5.41, 5.74) is 4.75. The third-order valence-electron chi connectivity index (χ3n) is 2.42. The minimum atomic E-state index is -1.03. The highest BCUT2D eigenvalue weighted by Crippen LogP contribution is 2.20. The zero-order valence-electron chi connectivity index (χ0n) is 10.2. The van der Waals surface area contributed by atoms with Crippen LogP contribution in [0.1, 0.15) is 27.8 Å². The summed E-state index contributed by atoms with van der Waals surface area (Å²) in [5, 5.41) is 3.93. The molecule has 2 rings (SSSR count). The highest BCUT2D eigenvalue weighted by Gasteiger charge is 2.16. The summed E-state index contributed by atoms with van der Waals surface area (Å²) >= 11 is 1.02. The Morgan fingerprint density at radius 1 is 1.30 bits per heavy atom. The molecule has 0 atom stereocenters. The molecular formula is C12H9F2N3O2S. The Hall–Kier alpha value is -2.35. The van der Waals surface area contributed by atoms with Gasteiger partial charge >= 0.3 is 0 Å². The topological polar surface area (TPSA) is 85.1 Å². The summed E-state index contributed by atoms with van der Waals surface area (Å²) in [5.74, 6) is -3.04. The average Bonchev–Trinajstić information content (AvgIpc) is 2.82. The molecule has 0 saturated heterocycles. The number of Topliss-reactive ketones (excluding diaryl/α,β-unsaturated/α-hetero) is 1. The molecule has 1 heterocycles. The lowest BCUT2D eigenvalue weighted by molar-refractivity contribution is 0.100. The van der Waals surface area contributed by atoms with E-state index in [1.165, 1.54) is 12.3 Å². The summed E-state index contributed by atoms with van der Waals surface area (Å²) in [4.78, 5) is 26.7. The maximum absolute atomic E-state index is 13.5. The fourth-order valence-corrected chi connectivity index (χ4v) is 2.14. The van der Waals surface area contributed by atoms with Gasteiger partial charge in [0.2, 0.25) is 0 Å². The van der Waals surface area contributed by atoms with Crippen LogP contribution in [-0.4, -0.2) is 16.7 Å². The first-order chi connectivity index (χ1) is 9.38. The number of thiazole rings is 1. The molecule has 3 N–H and O–H groups in total. The number of aromatic nitrogens is 1. The number of carbonyl (C=O) groups excluding carboxylic acids is 2. The number of hydrogen-bond acceptors (Lipinski definition) is 5. The van der Waals surface area contributed by atoms with E-state index in [0.717, 1.165) is 17.4 Å². The zero-order chi connectivity index (χ0) is 14.9. The number of hydrogen-bond donors (Lipinski definition) is 2. The number of nitrogens with one attached hydrogen (secondary N) is 1. The predicted molar refractivity (Wildman–Crippen MR) is 70.8 cm³/mol. The maximum atomic E-state index is 13.5. The van der Waals surface area contributed by atoms with Crippen LogP contribution in [0.4, 0.5) is 19.6 Å². The van der Waals surface area contributed by atoms with Crippen LogP contribution in [0.5, 0.6) is 0 Å². The number of halogens is 2. The third-order valence-corrected chi connectivity index (χ3v) is 3.17. The Kier molecular flexibility index (Phi) is 3.75. The molecule has 1 aromatic heterocycles. The van der Waals surface area contributed by atoms with Gasteiger partial charge < -0.3 is 5.73 Å². The van der Waals surface area contributed by atoms with E-state index in [9.17, 15) is 18.4 Å². The lowest BCUT2D eigenvalue weighted by Crippen LogP contribution is -2.14. The number of nitrogen functional groups attached to an aromatic ring is 1. The molecular weight excluding hydrogens is 288 g/mol. The number of carbonyl (C=O) groups is 2. The third kappa shape index (κ3) is 2.80. The largest absolute Gasteiger partial charge is 0.396 e. The minimum absolute atomic E-state index is 0.141. The molecule has 0 radical (unpaired) electrons. The van der Waals surface area contributed by atoms with Gasteiger partial charge in [0, 0.05) is 18.4 Å². The Labute approximate surface area is 116 Å². The Morgan fingerprint density at radius 3 is 2.60 bits per heavy atom. The second-order valence-corrected chi connectivity index (χ2v) is 4.76. The zero-order valence-corrected chi connectivity index (χ0v) is 11.1. The SMILES string of the molecule is CC(=O)c1csc(NC(=O)c2cc(N)c(F)cc2F)n1. The second kappa shape index (κ2) is 5.33. The standard InChI is InChI=1S/C12H9F2N3O2S/c1-5(18)10-4-20-12(16-10)17-11(19)6-2-9(15)8(14)3-7(6)13/h2-4H,15H2,1H3,(H,16,17,19). The van der Waals surface area contributed by atoms with E-state index < -0.39 is 23.1 Å². The van der Waals surface area contributed by atoms with Crippen molar-refractivity contribution in [1.29, 1.82) is 0 Å². The predicted octanol–water partition coefficient (Wildman–Crippen LogP) is 2.46. The van der Waals surface area contributed by atoms with Gasteiger partial charge in [0.05, 0.1) is 11.3 Å². The van der Waals surface area contributed by atoms with Gasteiger partial charge in [0.1, 0.15) is 17.3 Å². The quantitative estimate of drug-likeness (QED) is 0.673. The van der Waals surface area contributed by atoms with Crippen LogP contribution in [0.25, 0.3) is 0 Å². The van der Waals surface area contributed by atoms with Crippen molar-refractivity contribution in [2.75, 3.05) is 11.1 Å². The van der Waals surface area contributed by atoms with Crippen LogP contribution >= 0.6 is 11.3 Å². The van der Waals surface area contributed by atoms with Crippen molar-refractivity contribution in [3.8, 4) is 0 Å². The fraction of sp³-hybridized carbons (Fsp3) is 0.0833. The van der Waals surface area contributed by atoms with Gasteiger partial charge in [0.15, 0.2) is 10.9 Å². The number of benzene rings is 1. The van der Waals surface area contributed by atoms with Gasteiger partial charge in [-0.25, -0.2) is 13.8 Å². The number of anilines is 2. The summed E-state index contributed by atoms with van der Waals surface area (Å²) in [6, 6.07) is 1.44. The summed E-state index contributed by atoms with van der Waals surface area (Å²) in [6.07, 6.45) is 0. The molecule has 0 spiro atoms. The van der Waals surface area contributed by atoms with Crippen LogP contribution in [0, 0.1) is 11.6 Å². The van der Waals surface area contributed by atoms with Crippen molar-refractivity contribution in [2.24, 2.45) is 0 Å². The van der Waals surface area contributed by atoms with E-state index in [1.54, 1.807) is 0 Å². The lowest BCUT2D eigenvalue weighted by atomic mass is 10.1. The van der Waals surface area contributed by atoms with E-state index in [4.69, 9.17) is 5.73 Å². The molecule has 1 amide bonds. The molecule has 20 heavy (non-hydrogen) atoms. The normalized spacial score (nSPS) is 10.3. The van der Waals surface area contributed by atoms with Gasteiger partial charge in [0.25, 0.3) is 5.91 Å². The van der Waals surface area contributed by atoms with Gasteiger partial charge in [-0.2, -0.15) is 0 Å². The van der Waals surface area contributed by atoms with Gasteiger partial charge in [-0.1, -0.05) is 0 Å². The first-order valence-corrected chi connectivity index (χ1v) is 6.28. The van der Waals surface area contributed by atoms with Crippen molar-refractivity contribution in [3.05, 3.63) is 40.4 Å². The molecule has 0 aliphatic rings. The van der Waals surface area contributed by atoms with Crippen molar-refractivity contribution in [1.82, 2.24) is 4.98 Å². The average molecular weight is 297 g/mol. The van der Waals surface area contributed by atoms with E-state index in [0.29, 0.717) is 6.07 Å². The van der Waals surface area contributed by atoms with Crippen molar-refractivity contribution < 1.29 is 18.4 Å². The number of ketones is 1. The molecule has 2 aromatic rings.